The molecule has 0 radical (unpaired) electrons. The van der Waals surface area contributed by atoms with Gasteiger partial charge in [0.25, 0.3) is 0 Å². The number of aliphatic hydroxyl groups excluding tert-OH is 1. The van der Waals surface area contributed by atoms with Crippen molar-refractivity contribution in [3.8, 4) is 5.75 Å². The first-order valence-corrected chi connectivity index (χ1v) is 6.28. The lowest BCUT2D eigenvalue weighted by molar-refractivity contribution is 0.101. The van der Waals surface area contributed by atoms with E-state index < -0.39 is 11.9 Å². The number of ketones is 1. The minimum Gasteiger partial charge on any atom is -0.507 e. The summed E-state index contributed by atoms with van der Waals surface area (Å²) >= 11 is 1.27. The number of benzene rings is 1. The van der Waals surface area contributed by atoms with Crippen molar-refractivity contribution in [3.63, 3.8) is 0 Å². The first kappa shape index (κ1) is 14.0. The van der Waals surface area contributed by atoms with Crippen molar-refractivity contribution < 1.29 is 19.4 Å². The maximum Gasteiger partial charge on any atom is 0.176 e. The van der Waals surface area contributed by atoms with Crippen molar-refractivity contribution >= 4 is 17.5 Å². The number of halogens is 1. The topological polar surface area (TPSA) is 57.5 Å². The van der Waals surface area contributed by atoms with E-state index in [1.54, 1.807) is 13.8 Å². The number of Topliss-reactive ketones (excluding diaryl/α,β-unsaturated/α-hetero) is 1. The van der Waals surface area contributed by atoms with Gasteiger partial charge in [-0.1, -0.05) is 6.92 Å². The molecule has 0 aliphatic heterocycles. The summed E-state index contributed by atoms with van der Waals surface area (Å²) in [6.45, 7) is 3.44. The van der Waals surface area contributed by atoms with Crippen LogP contribution < -0.4 is 0 Å². The van der Waals surface area contributed by atoms with Crippen molar-refractivity contribution in [2.45, 2.75) is 25.2 Å². The zero-order valence-corrected chi connectivity index (χ0v) is 10.5. The second kappa shape index (κ2) is 6.02. The molecular formula is C12H15FO3S. The van der Waals surface area contributed by atoms with Gasteiger partial charge in [0.2, 0.25) is 0 Å². The largest absolute Gasteiger partial charge is 0.507 e. The average Bonchev–Trinajstić information content (AvgIpc) is 2.28. The van der Waals surface area contributed by atoms with E-state index in [-0.39, 0.29) is 28.1 Å². The van der Waals surface area contributed by atoms with E-state index in [2.05, 4.69) is 0 Å². The lowest BCUT2D eigenvalue weighted by Gasteiger charge is -2.13. The zero-order valence-electron chi connectivity index (χ0n) is 9.68. The monoisotopic (exact) mass is 258 g/mol. The lowest BCUT2D eigenvalue weighted by Crippen LogP contribution is -2.17. The highest BCUT2D eigenvalue weighted by Crippen LogP contribution is 2.22. The van der Waals surface area contributed by atoms with E-state index in [9.17, 15) is 19.4 Å². The molecule has 0 aliphatic rings. The average molecular weight is 258 g/mol. The van der Waals surface area contributed by atoms with Crippen molar-refractivity contribution in [1.82, 2.24) is 0 Å². The van der Waals surface area contributed by atoms with Crippen LogP contribution in [0.1, 0.15) is 24.2 Å². The Hall–Kier alpha value is -1.07. The molecule has 0 aromatic heterocycles. The van der Waals surface area contributed by atoms with Gasteiger partial charge >= 0.3 is 0 Å². The standard InChI is InChI=1S/C12H15FO3S/c1-7(14)8(2)17-6-12(16)10-5-9(13)3-4-11(10)15/h3-5,7-8,14-15H,6H2,1-2H3. The third kappa shape index (κ3) is 4.02. The number of carbonyl (C=O) groups is 1. The van der Waals surface area contributed by atoms with Crippen LogP contribution in [0.4, 0.5) is 4.39 Å². The van der Waals surface area contributed by atoms with Crippen LogP contribution in [0.3, 0.4) is 0 Å². The second-order valence-corrected chi connectivity index (χ2v) is 5.21. The molecule has 0 saturated heterocycles. The molecule has 0 spiro atoms. The third-order valence-electron chi connectivity index (χ3n) is 2.42. The van der Waals surface area contributed by atoms with E-state index in [4.69, 9.17) is 0 Å². The number of hydrogen-bond donors (Lipinski definition) is 2. The van der Waals surface area contributed by atoms with Crippen LogP contribution in [0.2, 0.25) is 0 Å². The summed E-state index contributed by atoms with van der Waals surface area (Å²) in [5.74, 6) is -1.02. The molecule has 0 aliphatic carbocycles. The van der Waals surface area contributed by atoms with Crippen LogP contribution in [-0.4, -0.2) is 33.1 Å². The molecule has 2 unspecified atom stereocenters. The van der Waals surface area contributed by atoms with Gasteiger partial charge in [-0.05, 0) is 25.1 Å². The smallest absolute Gasteiger partial charge is 0.176 e. The Morgan fingerprint density at radius 3 is 2.71 bits per heavy atom. The van der Waals surface area contributed by atoms with Crippen molar-refractivity contribution in [1.29, 1.82) is 0 Å². The molecule has 1 rings (SSSR count). The zero-order chi connectivity index (χ0) is 13.0. The second-order valence-electron chi connectivity index (χ2n) is 3.84. The molecule has 0 bridgehead atoms. The number of phenolic OH excluding ortho intramolecular Hbond substituents is 1. The van der Waals surface area contributed by atoms with Gasteiger partial charge in [0, 0.05) is 5.25 Å². The molecule has 2 atom stereocenters. The maximum absolute atomic E-state index is 12.9. The maximum atomic E-state index is 12.9. The highest BCUT2D eigenvalue weighted by Gasteiger charge is 2.16. The van der Waals surface area contributed by atoms with E-state index in [1.165, 1.54) is 11.8 Å². The molecule has 2 N–H and O–H groups in total. The Balaban J connectivity index is 2.67. The van der Waals surface area contributed by atoms with Gasteiger partial charge in [-0.25, -0.2) is 4.39 Å². The van der Waals surface area contributed by atoms with Crippen LogP contribution in [0.15, 0.2) is 18.2 Å². The fourth-order valence-electron chi connectivity index (χ4n) is 1.16. The summed E-state index contributed by atoms with van der Waals surface area (Å²) in [5.41, 5.74) is -0.0182. The van der Waals surface area contributed by atoms with Crippen molar-refractivity contribution in [3.05, 3.63) is 29.6 Å². The van der Waals surface area contributed by atoms with E-state index >= 15 is 0 Å². The molecule has 0 heterocycles. The lowest BCUT2D eigenvalue weighted by atomic mass is 10.1. The quantitative estimate of drug-likeness (QED) is 0.795. The van der Waals surface area contributed by atoms with E-state index in [0.717, 1.165) is 18.2 Å². The summed E-state index contributed by atoms with van der Waals surface area (Å²) in [6, 6.07) is 3.27. The molecule has 0 saturated carbocycles. The first-order valence-electron chi connectivity index (χ1n) is 5.23. The van der Waals surface area contributed by atoms with Crippen LogP contribution >= 0.6 is 11.8 Å². The normalized spacial score (nSPS) is 14.4. The third-order valence-corrected chi connectivity index (χ3v) is 3.76. The van der Waals surface area contributed by atoms with Gasteiger partial charge in [-0.3, -0.25) is 4.79 Å². The van der Waals surface area contributed by atoms with Gasteiger partial charge in [-0.2, -0.15) is 0 Å². The Labute approximate surface area is 104 Å². The van der Waals surface area contributed by atoms with Crippen LogP contribution in [0, 0.1) is 5.82 Å². The summed E-state index contributed by atoms with van der Waals surface area (Å²) in [5, 5.41) is 18.6. The minimum absolute atomic E-state index is 0.0182. The van der Waals surface area contributed by atoms with E-state index in [0.29, 0.717) is 0 Å². The van der Waals surface area contributed by atoms with Crippen molar-refractivity contribution in [2.75, 3.05) is 5.75 Å². The Bertz CT molecular complexity index is 407. The fourth-order valence-corrected chi connectivity index (χ4v) is 2.00. The van der Waals surface area contributed by atoms with E-state index in [1.807, 2.05) is 0 Å². The fraction of sp³-hybridized carbons (Fsp3) is 0.417. The Kier molecular flexibility index (Phi) is 4.96. The molecule has 3 nitrogen and oxygen atoms in total. The van der Waals surface area contributed by atoms with Crippen LogP contribution in [0.25, 0.3) is 0 Å². The van der Waals surface area contributed by atoms with Crippen LogP contribution in [0.5, 0.6) is 5.75 Å². The summed E-state index contributed by atoms with van der Waals surface area (Å²) in [7, 11) is 0. The minimum atomic E-state index is -0.556. The highest BCUT2D eigenvalue weighted by molar-refractivity contribution is 8.00. The molecular weight excluding hydrogens is 243 g/mol. The van der Waals surface area contributed by atoms with Gasteiger partial charge < -0.3 is 10.2 Å². The molecule has 94 valence electrons. The molecule has 0 amide bonds. The number of thioether (sulfide) groups is 1. The highest BCUT2D eigenvalue weighted by atomic mass is 32.2. The molecule has 5 heteroatoms. The Morgan fingerprint density at radius 2 is 2.12 bits per heavy atom. The molecule has 17 heavy (non-hydrogen) atoms. The predicted octanol–water partition coefficient (Wildman–Crippen LogP) is 2.22. The number of phenols is 1. The number of aromatic hydroxyl groups is 1. The van der Waals surface area contributed by atoms with Gasteiger partial charge in [0.15, 0.2) is 5.78 Å². The predicted molar refractivity (Wildman–Crippen MR) is 66.0 cm³/mol. The van der Waals surface area contributed by atoms with Gasteiger partial charge in [0.05, 0.1) is 17.4 Å². The number of hydrogen-bond acceptors (Lipinski definition) is 4. The number of aliphatic hydroxyl groups is 1. The summed E-state index contributed by atoms with van der Waals surface area (Å²) in [6.07, 6.45) is -0.520. The summed E-state index contributed by atoms with van der Waals surface area (Å²) in [4.78, 5) is 11.7. The first-order chi connectivity index (χ1) is 7.91. The van der Waals surface area contributed by atoms with Gasteiger partial charge in [-0.15, -0.1) is 11.8 Å². The SMILES string of the molecule is CC(O)C(C)SCC(=O)c1cc(F)ccc1O. The Morgan fingerprint density at radius 1 is 1.47 bits per heavy atom. The molecule has 0 fully saturated rings. The number of rotatable bonds is 5. The summed E-state index contributed by atoms with van der Waals surface area (Å²) < 4.78 is 12.9. The van der Waals surface area contributed by atoms with Crippen LogP contribution in [-0.2, 0) is 0 Å². The van der Waals surface area contributed by atoms with Crippen molar-refractivity contribution in [2.24, 2.45) is 0 Å². The number of carbonyl (C=O) groups excluding carboxylic acids is 1. The van der Waals surface area contributed by atoms with Gasteiger partial charge in [0.1, 0.15) is 11.6 Å². The molecule has 1 aromatic carbocycles. The molecule has 1 aromatic rings.